The van der Waals surface area contributed by atoms with Gasteiger partial charge >= 0.3 is 0 Å². The van der Waals surface area contributed by atoms with Crippen LogP contribution in [-0.4, -0.2) is 23.6 Å². The molecule has 0 saturated heterocycles. The Morgan fingerprint density at radius 3 is 2.83 bits per heavy atom. The molecule has 122 valence electrons. The molecule has 0 bridgehead atoms. The predicted molar refractivity (Wildman–Crippen MR) is 96.8 cm³/mol. The van der Waals surface area contributed by atoms with Crippen molar-refractivity contribution in [2.24, 2.45) is 5.10 Å². The van der Waals surface area contributed by atoms with Crippen molar-refractivity contribution in [2.75, 3.05) is 7.11 Å². The molecule has 0 atom stereocenters. The number of aryl methyl sites for hydroxylation is 1. The highest BCUT2D eigenvalue weighted by Crippen LogP contribution is 2.24. The van der Waals surface area contributed by atoms with Crippen LogP contribution < -0.4 is 10.2 Å². The fraction of sp³-hybridized carbons (Fsp3) is 0.167. The highest BCUT2D eigenvalue weighted by Gasteiger charge is 2.10. The van der Waals surface area contributed by atoms with Crippen molar-refractivity contribution in [1.82, 2.24) is 9.80 Å². The Bertz CT molecular complexity index is 885. The van der Waals surface area contributed by atoms with Gasteiger partial charge in [-0.25, -0.2) is 5.43 Å². The van der Waals surface area contributed by atoms with Gasteiger partial charge in [0.05, 0.1) is 30.1 Å². The number of hydrazone groups is 1. The van der Waals surface area contributed by atoms with Crippen LogP contribution in [-0.2, 0) is 11.2 Å². The number of nitrogens with one attached hydrogen (secondary N) is 1. The summed E-state index contributed by atoms with van der Waals surface area (Å²) in [6, 6.07) is 13.5. The SMILES string of the molecule is COc1ccc(/C=N/NC(=O)Cc2nsc3ccc(C)cc23)cc1. The Kier molecular flexibility index (Phi) is 4.86. The number of methoxy groups -OCH3 is 1. The summed E-state index contributed by atoms with van der Waals surface area (Å²) in [6.45, 7) is 2.03. The van der Waals surface area contributed by atoms with E-state index in [0.717, 1.165) is 32.7 Å². The number of carbonyl (C=O) groups is 1. The number of hydrogen-bond acceptors (Lipinski definition) is 5. The number of amides is 1. The summed E-state index contributed by atoms with van der Waals surface area (Å²) in [7, 11) is 1.62. The maximum Gasteiger partial charge on any atom is 0.246 e. The summed E-state index contributed by atoms with van der Waals surface area (Å²) in [6.07, 6.45) is 1.81. The lowest BCUT2D eigenvalue weighted by Crippen LogP contribution is -2.20. The minimum absolute atomic E-state index is 0.187. The van der Waals surface area contributed by atoms with Gasteiger partial charge in [-0.1, -0.05) is 11.6 Å². The minimum Gasteiger partial charge on any atom is -0.497 e. The van der Waals surface area contributed by atoms with Gasteiger partial charge in [-0.3, -0.25) is 4.79 Å². The number of ether oxygens (including phenoxy) is 1. The summed E-state index contributed by atoms with van der Waals surface area (Å²) in [5, 5.41) is 5.02. The van der Waals surface area contributed by atoms with E-state index in [9.17, 15) is 4.79 Å². The van der Waals surface area contributed by atoms with Gasteiger partial charge in [-0.05, 0) is 60.4 Å². The van der Waals surface area contributed by atoms with Crippen LogP contribution in [0.4, 0.5) is 0 Å². The van der Waals surface area contributed by atoms with E-state index in [2.05, 4.69) is 21.0 Å². The summed E-state index contributed by atoms with van der Waals surface area (Å²) in [5.74, 6) is 0.593. The summed E-state index contributed by atoms with van der Waals surface area (Å²) >= 11 is 1.41. The largest absolute Gasteiger partial charge is 0.497 e. The number of hydrogen-bond donors (Lipinski definition) is 1. The summed E-state index contributed by atoms with van der Waals surface area (Å²) < 4.78 is 10.6. The van der Waals surface area contributed by atoms with Crippen molar-refractivity contribution in [2.45, 2.75) is 13.3 Å². The van der Waals surface area contributed by atoms with Crippen LogP contribution in [0.2, 0.25) is 0 Å². The first-order valence-corrected chi connectivity index (χ1v) is 8.24. The van der Waals surface area contributed by atoms with Gasteiger partial charge in [0.1, 0.15) is 5.75 Å². The fourth-order valence-electron chi connectivity index (χ4n) is 2.29. The molecule has 0 unspecified atom stereocenters. The van der Waals surface area contributed by atoms with E-state index in [-0.39, 0.29) is 12.3 Å². The Hall–Kier alpha value is -2.73. The molecule has 0 saturated carbocycles. The topological polar surface area (TPSA) is 63.6 Å². The summed E-state index contributed by atoms with van der Waals surface area (Å²) in [4.78, 5) is 12.0. The fourth-order valence-corrected chi connectivity index (χ4v) is 3.07. The molecule has 0 fully saturated rings. The molecule has 1 aromatic heterocycles. The van der Waals surface area contributed by atoms with E-state index < -0.39 is 0 Å². The normalized spacial score (nSPS) is 11.1. The summed E-state index contributed by atoms with van der Waals surface area (Å²) in [5.41, 5.74) is 5.36. The van der Waals surface area contributed by atoms with E-state index in [1.54, 1.807) is 13.3 Å². The van der Waals surface area contributed by atoms with Crippen LogP contribution >= 0.6 is 11.5 Å². The number of benzene rings is 2. The maximum atomic E-state index is 12.0. The zero-order chi connectivity index (χ0) is 16.9. The molecule has 0 spiro atoms. The van der Waals surface area contributed by atoms with Crippen molar-refractivity contribution in [3.8, 4) is 5.75 Å². The van der Waals surface area contributed by atoms with E-state index in [1.807, 2.05) is 43.3 Å². The van der Waals surface area contributed by atoms with Gasteiger partial charge in [0.25, 0.3) is 0 Å². The average Bonchev–Trinajstić information content (AvgIpc) is 2.97. The lowest BCUT2D eigenvalue weighted by molar-refractivity contribution is -0.120. The molecule has 1 heterocycles. The van der Waals surface area contributed by atoms with Crippen LogP contribution in [0.15, 0.2) is 47.6 Å². The van der Waals surface area contributed by atoms with Gasteiger partial charge in [0.15, 0.2) is 0 Å². The van der Waals surface area contributed by atoms with Gasteiger partial charge in [-0.2, -0.15) is 9.47 Å². The zero-order valence-corrected chi connectivity index (χ0v) is 14.3. The standard InChI is InChI=1S/C18H17N3O2S/c1-12-3-8-17-15(9-12)16(21-24-17)10-18(22)20-19-11-13-4-6-14(23-2)7-5-13/h3-9,11H,10H2,1-2H3,(H,20,22)/b19-11+. The molecule has 0 radical (unpaired) electrons. The van der Waals surface area contributed by atoms with Gasteiger partial charge in [0, 0.05) is 5.39 Å². The Balaban J connectivity index is 1.62. The molecule has 0 aliphatic heterocycles. The van der Waals surface area contributed by atoms with E-state index in [0.29, 0.717) is 0 Å². The first kappa shape index (κ1) is 16.1. The molecule has 24 heavy (non-hydrogen) atoms. The van der Waals surface area contributed by atoms with Crippen LogP contribution in [0.3, 0.4) is 0 Å². The van der Waals surface area contributed by atoms with Crippen LogP contribution in [0.1, 0.15) is 16.8 Å². The molecule has 1 N–H and O–H groups in total. The first-order valence-electron chi connectivity index (χ1n) is 7.46. The van der Waals surface area contributed by atoms with E-state index in [1.165, 1.54) is 11.5 Å². The van der Waals surface area contributed by atoms with E-state index >= 15 is 0 Å². The Morgan fingerprint density at radius 1 is 1.29 bits per heavy atom. The molecule has 2 aromatic carbocycles. The van der Waals surface area contributed by atoms with Crippen molar-refractivity contribution >= 4 is 33.7 Å². The van der Waals surface area contributed by atoms with Crippen LogP contribution in [0.5, 0.6) is 5.75 Å². The lowest BCUT2D eigenvalue weighted by Gasteiger charge is -2.00. The molecule has 0 aliphatic rings. The molecular weight excluding hydrogens is 322 g/mol. The minimum atomic E-state index is -0.187. The third-order valence-electron chi connectivity index (χ3n) is 3.55. The highest BCUT2D eigenvalue weighted by molar-refractivity contribution is 7.13. The average molecular weight is 339 g/mol. The predicted octanol–water partition coefficient (Wildman–Crippen LogP) is 3.31. The second kappa shape index (κ2) is 7.23. The first-order chi connectivity index (χ1) is 11.7. The van der Waals surface area contributed by atoms with Crippen molar-refractivity contribution < 1.29 is 9.53 Å². The van der Waals surface area contributed by atoms with Gasteiger partial charge < -0.3 is 4.74 Å². The zero-order valence-electron chi connectivity index (χ0n) is 13.4. The van der Waals surface area contributed by atoms with Crippen LogP contribution in [0.25, 0.3) is 10.1 Å². The van der Waals surface area contributed by atoms with Gasteiger partial charge in [0.2, 0.25) is 5.91 Å². The molecule has 5 nitrogen and oxygen atoms in total. The quantitative estimate of drug-likeness (QED) is 0.573. The number of carbonyl (C=O) groups excluding carboxylic acids is 1. The smallest absolute Gasteiger partial charge is 0.246 e. The molecule has 1 amide bonds. The Morgan fingerprint density at radius 2 is 2.08 bits per heavy atom. The van der Waals surface area contributed by atoms with Crippen molar-refractivity contribution in [1.29, 1.82) is 0 Å². The highest BCUT2D eigenvalue weighted by atomic mass is 32.1. The van der Waals surface area contributed by atoms with E-state index in [4.69, 9.17) is 4.74 Å². The van der Waals surface area contributed by atoms with Gasteiger partial charge in [-0.15, -0.1) is 0 Å². The number of rotatable bonds is 5. The number of nitrogens with zero attached hydrogens (tertiary/aromatic N) is 2. The Labute approximate surface area is 144 Å². The number of fused-ring (bicyclic) bond motifs is 1. The van der Waals surface area contributed by atoms with Crippen molar-refractivity contribution in [3.05, 3.63) is 59.3 Å². The van der Waals surface area contributed by atoms with Crippen molar-refractivity contribution in [3.63, 3.8) is 0 Å². The third kappa shape index (κ3) is 3.78. The third-order valence-corrected chi connectivity index (χ3v) is 4.41. The molecule has 0 aliphatic carbocycles. The maximum absolute atomic E-state index is 12.0. The molecule has 6 heteroatoms. The monoisotopic (exact) mass is 339 g/mol. The second-order valence-electron chi connectivity index (χ2n) is 5.37. The molecule has 3 aromatic rings. The van der Waals surface area contributed by atoms with Crippen LogP contribution in [0, 0.1) is 6.92 Å². The molecule has 3 rings (SSSR count). The number of aromatic nitrogens is 1. The lowest BCUT2D eigenvalue weighted by atomic mass is 10.1. The molecular formula is C18H17N3O2S. The second-order valence-corrected chi connectivity index (χ2v) is 6.18.